The van der Waals surface area contributed by atoms with E-state index < -0.39 is 0 Å². The number of rotatable bonds is 3. The highest BCUT2D eigenvalue weighted by molar-refractivity contribution is 5.86. The standard InChI is InChI=1S/C15H17N3O2/c19-11-14-16-12-6-2-3-7-13(12)18(14)10-15(20)17-8-4-1-5-9-17/h2-3,6-7,11H,1,4-5,8-10H2. The number of likely N-dealkylation sites (tertiary alicyclic amines) is 1. The number of carbonyl (C=O) groups is 2. The van der Waals surface area contributed by atoms with E-state index in [2.05, 4.69) is 4.98 Å². The van der Waals surface area contributed by atoms with E-state index in [9.17, 15) is 9.59 Å². The van der Waals surface area contributed by atoms with Gasteiger partial charge in [0.05, 0.1) is 11.0 Å². The van der Waals surface area contributed by atoms with Crippen LogP contribution in [-0.4, -0.2) is 39.7 Å². The third-order valence-corrected chi connectivity index (χ3v) is 3.79. The molecule has 0 aliphatic carbocycles. The number of nitrogens with zero attached hydrogens (tertiary/aromatic N) is 3. The predicted molar refractivity (Wildman–Crippen MR) is 75.6 cm³/mol. The monoisotopic (exact) mass is 271 g/mol. The second kappa shape index (κ2) is 5.45. The van der Waals surface area contributed by atoms with Crippen LogP contribution in [0, 0.1) is 0 Å². The minimum Gasteiger partial charge on any atom is -0.341 e. The van der Waals surface area contributed by atoms with E-state index in [0.29, 0.717) is 12.1 Å². The molecule has 0 spiro atoms. The van der Waals surface area contributed by atoms with E-state index in [1.54, 1.807) is 4.57 Å². The Morgan fingerprint density at radius 1 is 1.20 bits per heavy atom. The van der Waals surface area contributed by atoms with Crippen molar-refractivity contribution in [1.29, 1.82) is 0 Å². The summed E-state index contributed by atoms with van der Waals surface area (Å²) >= 11 is 0. The Morgan fingerprint density at radius 3 is 2.70 bits per heavy atom. The molecule has 1 aliphatic heterocycles. The fourth-order valence-electron chi connectivity index (χ4n) is 2.73. The Labute approximate surface area is 117 Å². The van der Waals surface area contributed by atoms with Crippen molar-refractivity contribution in [2.45, 2.75) is 25.8 Å². The van der Waals surface area contributed by atoms with E-state index in [1.165, 1.54) is 6.42 Å². The van der Waals surface area contributed by atoms with Gasteiger partial charge in [-0.15, -0.1) is 0 Å². The van der Waals surface area contributed by atoms with Gasteiger partial charge in [0.15, 0.2) is 12.1 Å². The number of hydrogen-bond acceptors (Lipinski definition) is 3. The smallest absolute Gasteiger partial charge is 0.242 e. The molecule has 0 radical (unpaired) electrons. The summed E-state index contributed by atoms with van der Waals surface area (Å²) in [4.78, 5) is 29.6. The number of aldehydes is 1. The highest BCUT2D eigenvalue weighted by Gasteiger charge is 2.19. The lowest BCUT2D eigenvalue weighted by Crippen LogP contribution is -2.38. The number of para-hydroxylation sites is 2. The van der Waals surface area contributed by atoms with Gasteiger partial charge in [-0.05, 0) is 31.4 Å². The Kier molecular flexibility index (Phi) is 3.50. The summed E-state index contributed by atoms with van der Waals surface area (Å²) in [6.45, 7) is 1.83. The van der Waals surface area contributed by atoms with Crippen molar-refractivity contribution in [1.82, 2.24) is 14.5 Å². The number of fused-ring (bicyclic) bond motifs is 1. The first-order valence-electron chi connectivity index (χ1n) is 6.98. The first kappa shape index (κ1) is 12.8. The van der Waals surface area contributed by atoms with E-state index in [1.807, 2.05) is 29.2 Å². The van der Waals surface area contributed by atoms with Gasteiger partial charge in [-0.2, -0.15) is 0 Å². The summed E-state index contributed by atoms with van der Waals surface area (Å²) in [6, 6.07) is 7.50. The minimum atomic E-state index is 0.0657. The average Bonchev–Trinajstić information content (AvgIpc) is 2.86. The van der Waals surface area contributed by atoms with Crippen LogP contribution in [0.25, 0.3) is 11.0 Å². The quantitative estimate of drug-likeness (QED) is 0.801. The van der Waals surface area contributed by atoms with Crippen molar-refractivity contribution in [3.63, 3.8) is 0 Å². The Balaban J connectivity index is 1.89. The first-order valence-corrected chi connectivity index (χ1v) is 6.98. The largest absolute Gasteiger partial charge is 0.341 e. The molecule has 5 nitrogen and oxygen atoms in total. The molecule has 20 heavy (non-hydrogen) atoms. The van der Waals surface area contributed by atoms with Crippen LogP contribution in [0.2, 0.25) is 0 Å². The minimum absolute atomic E-state index is 0.0657. The topological polar surface area (TPSA) is 55.2 Å². The highest BCUT2D eigenvalue weighted by Crippen LogP contribution is 2.16. The molecule has 0 bridgehead atoms. The van der Waals surface area contributed by atoms with Crippen LogP contribution in [0.4, 0.5) is 0 Å². The van der Waals surface area contributed by atoms with Crippen molar-refractivity contribution in [2.24, 2.45) is 0 Å². The summed E-state index contributed by atoms with van der Waals surface area (Å²) in [5.74, 6) is 0.382. The molecule has 1 saturated heterocycles. The van der Waals surface area contributed by atoms with E-state index in [4.69, 9.17) is 0 Å². The summed E-state index contributed by atoms with van der Waals surface area (Å²) in [7, 11) is 0. The van der Waals surface area contributed by atoms with Crippen LogP contribution in [0.15, 0.2) is 24.3 Å². The maximum Gasteiger partial charge on any atom is 0.242 e. The zero-order chi connectivity index (χ0) is 13.9. The summed E-state index contributed by atoms with van der Waals surface area (Å²) in [6.07, 6.45) is 4.04. The van der Waals surface area contributed by atoms with Gasteiger partial charge in [0.25, 0.3) is 0 Å². The third-order valence-electron chi connectivity index (χ3n) is 3.79. The number of aromatic nitrogens is 2. The molecule has 1 aromatic heterocycles. The Morgan fingerprint density at radius 2 is 1.95 bits per heavy atom. The van der Waals surface area contributed by atoms with Crippen LogP contribution in [-0.2, 0) is 11.3 Å². The summed E-state index contributed by atoms with van der Waals surface area (Å²) < 4.78 is 1.71. The fraction of sp³-hybridized carbons (Fsp3) is 0.400. The third kappa shape index (κ3) is 2.31. The molecule has 0 saturated carbocycles. The van der Waals surface area contributed by atoms with Crippen LogP contribution in [0.1, 0.15) is 29.9 Å². The molecule has 0 N–H and O–H groups in total. The normalized spacial score (nSPS) is 15.5. The molecule has 0 atom stereocenters. The molecule has 104 valence electrons. The van der Waals surface area contributed by atoms with Gasteiger partial charge in [0, 0.05) is 13.1 Å². The van der Waals surface area contributed by atoms with Gasteiger partial charge >= 0.3 is 0 Å². The van der Waals surface area contributed by atoms with Gasteiger partial charge in [-0.1, -0.05) is 12.1 Å². The second-order valence-corrected chi connectivity index (χ2v) is 5.10. The van der Waals surface area contributed by atoms with E-state index >= 15 is 0 Å². The SMILES string of the molecule is O=Cc1nc2ccccc2n1CC(=O)N1CCCCC1. The molecule has 2 heterocycles. The maximum atomic E-state index is 12.3. The van der Waals surface area contributed by atoms with Crippen LogP contribution < -0.4 is 0 Å². The lowest BCUT2D eigenvalue weighted by Gasteiger charge is -2.27. The Hall–Kier alpha value is -2.17. The van der Waals surface area contributed by atoms with Crippen molar-refractivity contribution in [3.05, 3.63) is 30.1 Å². The lowest BCUT2D eigenvalue weighted by molar-refractivity contribution is -0.132. The molecule has 0 unspecified atom stereocenters. The van der Waals surface area contributed by atoms with Gasteiger partial charge in [0.1, 0.15) is 6.54 Å². The molecule has 1 amide bonds. The number of imidazole rings is 1. The van der Waals surface area contributed by atoms with Crippen molar-refractivity contribution < 1.29 is 9.59 Å². The molecular weight excluding hydrogens is 254 g/mol. The van der Waals surface area contributed by atoms with E-state index in [0.717, 1.165) is 37.0 Å². The zero-order valence-corrected chi connectivity index (χ0v) is 11.3. The van der Waals surface area contributed by atoms with Gasteiger partial charge < -0.3 is 9.47 Å². The van der Waals surface area contributed by atoms with Crippen LogP contribution in [0.3, 0.4) is 0 Å². The number of benzene rings is 1. The average molecular weight is 271 g/mol. The van der Waals surface area contributed by atoms with Crippen LogP contribution >= 0.6 is 0 Å². The van der Waals surface area contributed by atoms with E-state index in [-0.39, 0.29) is 12.5 Å². The molecule has 5 heteroatoms. The molecule has 3 rings (SSSR count). The lowest BCUT2D eigenvalue weighted by atomic mass is 10.1. The fourth-order valence-corrected chi connectivity index (χ4v) is 2.73. The molecule has 1 aromatic carbocycles. The second-order valence-electron chi connectivity index (χ2n) is 5.10. The number of piperidine rings is 1. The number of carbonyl (C=O) groups excluding carboxylic acids is 2. The predicted octanol–water partition coefficient (Wildman–Crippen LogP) is 1.86. The highest BCUT2D eigenvalue weighted by atomic mass is 16.2. The van der Waals surface area contributed by atoms with Gasteiger partial charge in [-0.3, -0.25) is 9.59 Å². The molecule has 1 aliphatic rings. The first-order chi connectivity index (χ1) is 9.79. The van der Waals surface area contributed by atoms with Crippen molar-refractivity contribution >= 4 is 23.2 Å². The Bertz CT molecular complexity index is 642. The number of amides is 1. The zero-order valence-electron chi connectivity index (χ0n) is 11.3. The van der Waals surface area contributed by atoms with Gasteiger partial charge in [0.2, 0.25) is 5.91 Å². The molecule has 1 fully saturated rings. The molecule has 2 aromatic rings. The number of hydrogen-bond donors (Lipinski definition) is 0. The summed E-state index contributed by atoms with van der Waals surface area (Å²) in [5, 5.41) is 0. The summed E-state index contributed by atoms with van der Waals surface area (Å²) in [5.41, 5.74) is 1.58. The van der Waals surface area contributed by atoms with Gasteiger partial charge in [-0.25, -0.2) is 4.98 Å². The van der Waals surface area contributed by atoms with Crippen molar-refractivity contribution in [3.8, 4) is 0 Å². The van der Waals surface area contributed by atoms with Crippen LogP contribution in [0.5, 0.6) is 0 Å². The maximum absolute atomic E-state index is 12.3. The van der Waals surface area contributed by atoms with Crippen molar-refractivity contribution in [2.75, 3.05) is 13.1 Å². The molecular formula is C15H17N3O2.